The van der Waals surface area contributed by atoms with Gasteiger partial charge in [0.1, 0.15) is 6.61 Å². The van der Waals surface area contributed by atoms with E-state index in [1.807, 2.05) is 0 Å². The number of Topliss-reactive ketones (excluding diaryl/α,β-unsaturated/α-hetero) is 1. The van der Waals surface area contributed by atoms with Crippen molar-refractivity contribution < 1.29 is 52.2 Å². The molecule has 0 saturated carbocycles. The number of ketones is 1. The number of esters is 1. The van der Waals surface area contributed by atoms with Crippen molar-refractivity contribution in [3.63, 3.8) is 0 Å². The van der Waals surface area contributed by atoms with Crippen LogP contribution in [0, 0.1) is 0 Å². The van der Waals surface area contributed by atoms with Crippen molar-refractivity contribution in [2.45, 2.75) is 18.9 Å². The van der Waals surface area contributed by atoms with Gasteiger partial charge in [0.25, 0.3) is 5.78 Å². The number of piperidine rings is 1. The maximum atomic E-state index is 11.9. The zero-order chi connectivity index (χ0) is 29.1. The minimum Gasteiger partial charge on any atom is -0.457 e. The van der Waals surface area contributed by atoms with Gasteiger partial charge >= 0.3 is 5.97 Å². The molecule has 0 aliphatic carbocycles. The lowest BCUT2D eigenvalue weighted by atomic mass is 10.1. The van der Waals surface area contributed by atoms with Gasteiger partial charge < -0.3 is 47.9 Å². The van der Waals surface area contributed by atoms with Gasteiger partial charge in [0.2, 0.25) is 0 Å². The van der Waals surface area contributed by atoms with Gasteiger partial charge in [-0.25, -0.2) is 4.79 Å². The predicted molar refractivity (Wildman–Crippen MR) is 149 cm³/mol. The molecule has 12 nitrogen and oxygen atoms in total. The van der Waals surface area contributed by atoms with Gasteiger partial charge in [-0.2, -0.15) is 0 Å². The maximum absolute atomic E-state index is 11.9. The molecule has 1 aliphatic rings. The molecule has 1 fully saturated rings. The average Bonchev–Trinajstić information content (AvgIpc) is 3.01. The summed E-state index contributed by atoms with van der Waals surface area (Å²) in [5.74, 6) is -1.56. The summed E-state index contributed by atoms with van der Waals surface area (Å²) in [6.07, 6.45) is 2.51. The molecule has 1 saturated heterocycles. The van der Waals surface area contributed by atoms with Gasteiger partial charge in [-0.3, -0.25) is 4.79 Å². The zero-order valence-electron chi connectivity index (χ0n) is 24.1. The second-order valence-electron chi connectivity index (χ2n) is 8.94. The monoisotopic (exact) mass is 585 g/mol. The lowest BCUT2D eigenvalue weighted by Gasteiger charge is -2.22. The Bertz CT molecular complexity index is 762. The lowest BCUT2D eigenvalue weighted by Crippen LogP contribution is -2.33. The Balaban J connectivity index is 1.19. The predicted octanol–water partition coefficient (Wildman–Crippen LogP) is 1.30. The Morgan fingerprint density at radius 1 is 0.561 bits per heavy atom. The average molecular weight is 586 g/mol. The van der Waals surface area contributed by atoms with Crippen LogP contribution in [0.4, 0.5) is 0 Å². The van der Waals surface area contributed by atoms with Crippen LogP contribution < -0.4 is 5.32 Å². The van der Waals surface area contributed by atoms with Crippen molar-refractivity contribution in [3.05, 3.63) is 35.9 Å². The summed E-state index contributed by atoms with van der Waals surface area (Å²) in [5, 5.41) is 3.32. The Morgan fingerprint density at radius 3 is 1.39 bits per heavy atom. The summed E-state index contributed by atoms with van der Waals surface area (Å²) < 4.78 is 48.8. The fraction of sp³-hybridized carbons (Fsp3) is 0.724. The summed E-state index contributed by atoms with van der Waals surface area (Å²) in [6, 6.07) is 8.27. The van der Waals surface area contributed by atoms with E-state index < -0.39 is 11.8 Å². The van der Waals surface area contributed by atoms with Gasteiger partial charge in [0.15, 0.2) is 0 Å². The van der Waals surface area contributed by atoms with Gasteiger partial charge in [-0.1, -0.05) is 30.3 Å². The topological polar surface area (TPSA) is 129 Å². The van der Waals surface area contributed by atoms with E-state index in [1.54, 1.807) is 30.3 Å². The summed E-state index contributed by atoms with van der Waals surface area (Å²) >= 11 is 0. The van der Waals surface area contributed by atoms with E-state index in [2.05, 4.69) is 5.32 Å². The van der Waals surface area contributed by atoms with Crippen LogP contribution in [0.15, 0.2) is 30.3 Å². The second-order valence-corrected chi connectivity index (χ2v) is 8.94. The molecule has 0 amide bonds. The number of hydrogen-bond acceptors (Lipinski definition) is 12. The van der Waals surface area contributed by atoms with Crippen LogP contribution in [0.2, 0.25) is 0 Å². The number of ether oxygens (including phenoxy) is 9. The van der Waals surface area contributed by atoms with Crippen LogP contribution >= 0.6 is 0 Å². The van der Waals surface area contributed by atoms with Crippen LogP contribution in [0.25, 0.3) is 0 Å². The van der Waals surface area contributed by atoms with Crippen LogP contribution in [0.3, 0.4) is 0 Å². The molecule has 1 N–H and O–H groups in total. The molecule has 234 valence electrons. The third-order valence-corrected chi connectivity index (χ3v) is 5.78. The van der Waals surface area contributed by atoms with Crippen LogP contribution in [0.5, 0.6) is 0 Å². The molecule has 0 bridgehead atoms. The number of carbonyl (C=O) groups is 2. The molecular formula is C29H47NO11. The number of rotatable bonds is 27. The van der Waals surface area contributed by atoms with E-state index >= 15 is 0 Å². The van der Waals surface area contributed by atoms with E-state index in [0.717, 1.165) is 25.9 Å². The molecule has 1 heterocycles. The SMILES string of the molecule is O=C(OCCOCCOCCOCCOCCOCCOCCOCCOC1CCNCC1)C(=O)c1ccccc1. The molecule has 41 heavy (non-hydrogen) atoms. The molecule has 0 aromatic heterocycles. The van der Waals surface area contributed by atoms with Crippen molar-refractivity contribution >= 4 is 11.8 Å². The maximum Gasteiger partial charge on any atom is 0.379 e. The van der Waals surface area contributed by atoms with E-state index in [9.17, 15) is 9.59 Å². The van der Waals surface area contributed by atoms with Crippen LogP contribution in [-0.4, -0.2) is 137 Å². The first-order valence-electron chi connectivity index (χ1n) is 14.4. The van der Waals surface area contributed by atoms with Crippen molar-refractivity contribution in [2.75, 3.05) is 119 Å². The number of hydrogen-bond donors (Lipinski definition) is 1. The fourth-order valence-electron chi connectivity index (χ4n) is 3.62. The molecule has 1 aliphatic heterocycles. The second kappa shape index (κ2) is 25.7. The standard InChI is InChI=1S/C29H47NO11/c31-28(26-4-2-1-3-5-26)29(32)41-25-23-39-21-19-37-17-15-35-13-11-33-10-12-34-14-16-36-18-20-38-22-24-40-27-6-8-30-9-7-27/h1-5,27,30H,6-25H2. The molecule has 0 spiro atoms. The van der Waals surface area contributed by atoms with Gasteiger partial charge in [-0.15, -0.1) is 0 Å². The van der Waals surface area contributed by atoms with Crippen LogP contribution in [0.1, 0.15) is 23.2 Å². The lowest BCUT2D eigenvalue weighted by molar-refractivity contribution is -0.139. The number of nitrogens with one attached hydrogen (secondary N) is 1. The molecular weight excluding hydrogens is 538 g/mol. The first-order chi connectivity index (χ1) is 20.3. The minimum absolute atomic E-state index is 0.00421. The van der Waals surface area contributed by atoms with Gasteiger partial charge in [-0.05, 0) is 25.9 Å². The Kier molecular flexibility index (Phi) is 22.1. The highest BCUT2D eigenvalue weighted by atomic mass is 16.6. The Labute approximate surface area is 243 Å². The quantitative estimate of drug-likeness (QED) is 0.0691. The van der Waals surface area contributed by atoms with Crippen molar-refractivity contribution in [2.24, 2.45) is 0 Å². The van der Waals surface area contributed by atoms with E-state index in [-0.39, 0.29) is 13.2 Å². The van der Waals surface area contributed by atoms with E-state index in [1.165, 1.54) is 0 Å². The largest absolute Gasteiger partial charge is 0.457 e. The molecule has 0 radical (unpaired) electrons. The van der Waals surface area contributed by atoms with Crippen LogP contribution in [-0.2, 0) is 47.4 Å². The third-order valence-electron chi connectivity index (χ3n) is 5.78. The molecule has 2 rings (SSSR count). The van der Waals surface area contributed by atoms with Crippen molar-refractivity contribution in [1.82, 2.24) is 5.32 Å². The molecule has 0 unspecified atom stereocenters. The molecule has 1 aromatic carbocycles. The minimum atomic E-state index is -0.892. The van der Waals surface area contributed by atoms with Crippen molar-refractivity contribution in [1.29, 1.82) is 0 Å². The first kappa shape index (κ1) is 35.2. The Hall–Kier alpha value is -2.00. The highest BCUT2D eigenvalue weighted by Gasteiger charge is 2.17. The summed E-state index contributed by atoms with van der Waals surface area (Å²) in [7, 11) is 0. The number of benzene rings is 1. The highest BCUT2D eigenvalue weighted by molar-refractivity contribution is 6.40. The van der Waals surface area contributed by atoms with E-state index in [4.69, 9.17) is 42.6 Å². The zero-order valence-corrected chi connectivity index (χ0v) is 24.1. The van der Waals surface area contributed by atoms with Gasteiger partial charge in [0.05, 0.1) is 105 Å². The normalized spacial score (nSPS) is 13.9. The van der Waals surface area contributed by atoms with Gasteiger partial charge in [0, 0.05) is 5.56 Å². The summed E-state index contributed by atoms with van der Waals surface area (Å²) in [5.41, 5.74) is 0.300. The summed E-state index contributed by atoms with van der Waals surface area (Å²) in [6.45, 7) is 9.17. The first-order valence-corrected chi connectivity index (χ1v) is 14.4. The molecule has 12 heteroatoms. The molecule has 0 atom stereocenters. The number of carbonyl (C=O) groups excluding carboxylic acids is 2. The Morgan fingerprint density at radius 2 is 0.951 bits per heavy atom. The molecule has 1 aromatic rings. The highest BCUT2D eigenvalue weighted by Crippen LogP contribution is 2.06. The third kappa shape index (κ3) is 19.7. The fourth-order valence-corrected chi connectivity index (χ4v) is 3.62. The smallest absolute Gasteiger partial charge is 0.379 e. The summed E-state index contributed by atoms with van der Waals surface area (Å²) in [4.78, 5) is 23.6. The van der Waals surface area contributed by atoms with Crippen molar-refractivity contribution in [3.8, 4) is 0 Å². The van der Waals surface area contributed by atoms with E-state index in [0.29, 0.717) is 104 Å².